The van der Waals surface area contributed by atoms with Crippen molar-refractivity contribution in [2.45, 2.75) is 32.4 Å². The molecule has 1 aromatic rings. The van der Waals surface area contributed by atoms with Gasteiger partial charge in [-0.05, 0) is 31.9 Å². The van der Waals surface area contributed by atoms with E-state index < -0.39 is 0 Å². The molecule has 104 valence electrons. The van der Waals surface area contributed by atoms with Crippen molar-refractivity contribution in [3.05, 3.63) is 29.8 Å². The molecule has 2 N–H and O–H groups in total. The molecule has 1 amide bonds. The zero-order chi connectivity index (χ0) is 14.0. The predicted octanol–water partition coefficient (Wildman–Crippen LogP) is 1.38. The molecule has 0 radical (unpaired) electrons. The van der Waals surface area contributed by atoms with Crippen molar-refractivity contribution in [2.24, 2.45) is 5.73 Å². The average molecular weight is 261 g/mol. The Kier molecular flexibility index (Phi) is 4.10. The molecule has 0 spiro atoms. The van der Waals surface area contributed by atoms with Crippen LogP contribution in [0, 0.1) is 6.92 Å². The summed E-state index contributed by atoms with van der Waals surface area (Å²) in [5.41, 5.74) is 8.18. The van der Waals surface area contributed by atoms with Crippen LogP contribution in [0.2, 0.25) is 0 Å². The molecular formula is C15H23N3O. The van der Waals surface area contributed by atoms with Gasteiger partial charge >= 0.3 is 0 Å². The van der Waals surface area contributed by atoms with E-state index in [-0.39, 0.29) is 11.9 Å². The van der Waals surface area contributed by atoms with Gasteiger partial charge in [-0.15, -0.1) is 0 Å². The molecule has 1 heterocycles. The number of hydrogen-bond acceptors (Lipinski definition) is 3. The highest BCUT2D eigenvalue weighted by Gasteiger charge is 2.34. The minimum atomic E-state index is -0.261. The van der Waals surface area contributed by atoms with Gasteiger partial charge in [0.25, 0.3) is 0 Å². The number of anilines is 1. The maximum absolute atomic E-state index is 12.4. The first-order valence-electron chi connectivity index (χ1n) is 6.85. The number of carbonyl (C=O) groups excluding carboxylic acids is 1. The molecule has 1 aliphatic rings. The zero-order valence-corrected chi connectivity index (χ0v) is 12.0. The third-order valence-electron chi connectivity index (χ3n) is 3.97. The average Bonchev–Trinajstić information content (AvgIpc) is 2.51. The van der Waals surface area contributed by atoms with Crippen molar-refractivity contribution in [1.82, 2.24) is 4.90 Å². The number of benzene rings is 1. The van der Waals surface area contributed by atoms with E-state index in [1.54, 1.807) is 4.90 Å². The Morgan fingerprint density at radius 1 is 1.37 bits per heavy atom. The molecule has 1 saturated heterocycles. The summed E-state index contributed by atoms with van der Waals surface area (Å²) in [6, 6.07) is 8.24. The van der Waals surface area contributed by atoms with Crippen LogP contribution in [0.4, 0.5) is 5.69 Å². The fourth-order valence-electron chi connectivity index (χ4n) is 2.78. The highest BCUT2D eigenvalue weighted by molar-refractivity contribution is 5.86. The van der Waals surface area contributed by atoms with Crippen molar-refractivity contribution in [1.29, 1.82) is 0 Å². The Morgan fingerprint density at radius 2 is 2.05 bits per heavy atom. The van der Waals surface area contributed by atoms with Gasteiger partial charge in [0.05, 0.1) is 0 Å². The number of likely N-dealkylation sites (N-methyl/N-ethyl adjacent to an activating group) is 1. The largest absolute Gasteiger partial charge is 0.355 e. The lowest BCUT2D eigenvalue weighted by Crippen LogP contribution is -2.51. The molecule has 0 aliphatic carbocycles. The lowest BCUT2D eigenvalue weighted by atomic mass is 10.1. The van der Waals surface area contributed by atoms with Crippen LogP contribution in [0.1, 0.15) is 18.9 Å². The van der Waals surface area contributed by atoms with E-state index in [2.05, 4.69) is 30.9 Å². The smallest absolute Gasteiger partial charge is 0.246 e. The fraction of sp³-hybridized carbons (Fsp3) is 0.533. The fourth-order valence-corrected chi connectivity index (χ4v) is 2.78. The molecule has 1 aromatic carbocycles. The van der Waals surface area contributed by atoms with Crippen LogP contribution < -0.4 is 10.6 Å². The number of aryl methyl sites for hydroxylation is 1. The Labute approximate surface area is 115 Å². The van der Waals surface area contributed by atoms with E-state index in [1.165, 1.54) is 5.56 Å². The highest BCUT2D eigenvalue weighted by atomic mass is 16.2. The summed E-state index contributed by atoms with van der Waals surface area (Å²) in [4.78, 5) is 16.4. The first kappa shape index (κ1) is 13.9. The van der Waals surface area contributed by atoms with Gasteiger partial charge in [-0.1, -0.05) is 18.2 Å². The Hall–Kier alpha value is -1.55. The Morgan fingerprint density at radius 3 is 2.68 bits per heavy atom. The van der Waals surface area contributed by atoms with Gasteiger partial charge in [0.15, 0.2) is 0 Å². The van der Waals surface area contributed by atoms with E-state index >= 15 is 0 Å². The molecule has 0 aromatic heterocycles. The summed E-state index contributed by atoms with van der Waals surface area (Å²) in [6.07, 6.45) is 0.965. The van der Waals surface area contributed by atoms with E-state index in [4.69, 9.17) is 5.73 Å². The van der Waals surface area contributed by atoms with Crippen LogP contribution in [0.5, 0.6) is 0 Å². The van der Waals surface area contributed by atoms with Crippen molar-refractivity contribution in [2.75, 3.05) is 25.0 Å². The molecule has 1 fully saturated rings. The first-order chi connectivity index (χ1) is 9.06. The lowest BCUT2D eigenvalue weighted by Gasteiger charge is -2.36. The topological polar surface area (TPSA) is 49.6 Å². The minimum absolute atomic E-state index is 0.120. The summed E-state index contributed by atoms with van der Waals surface area (Å²) in [5, 5.41) is 0. The lowest BCUT2D eigenvalue weighted by molar-refractivity contribution is -0.130. The third kappa shape index (κ3) is 2.59. The number of carbonyl (C=O) groups is 1. The first-order valence-corrected chi connectivity index (χ1v) is 6.85. The quantitative estimate of drug-likeness (QED) is 0.875. The molecule has 1 aliphatic heterocycles. The molecular weight excluding hydrogens is 238 g/mol. The molecule has 2 atom stereocenters. The SMILES string of the molecule is Cc1ccccc1N1C(C)CCN(C)C(=O)C1CN. The van der Waals surface area contributed by atoms with Crippen molar-refractivity contribution < 1.29 is 4.79 Å². The van der Waals surface area contributed by atoms with Crippen LogP contribution in [-0.2, 0) is 4.79 Å². The maximum Gasteiger partial charge on any atom is 0.246 e. The van der Waals surface area contributed by atoms with Crippen LogP contribution >= 0.6 is 0 Å². The molecule has 4 heteroatoms. The van der Waals surface area contributed by atoms with Gasteiger partial charge in [0, 0.05) is 31.9 Å². The number of rotatable bonds is 2. The molecule has 4 nitrogen and oxygen atoms in total. The molecule has 19 heavy (non-hydrogen) atoms. The van der Waals surface area contributed by atoms with Gasteiger partial charge in [0.1, 0.15) is 6.04 Å². The minimum Gasteiger partial charge on any atom is -0.355 e. The maximum atomic E-state index is 12.4. The number of amides is 1. The molecule has 2 rings (SSSR count). The monoisotopic (exact) mass is 261 g/mol. The van der Waals surface area contributed by atoms with E-state index in [0.717, 1.165) is 18.7 Å². The van der Waals surface area contributed by atoms with Crippen molar-refractivity contribution in [3.63, 3.8) is 0 Å². The van der Waals surface area contributed by atoms with Crippen LogP contribution in [0.15, 0.2) is 24.3 Å². The number of para-hydroxylation sites is 1. The van der Waals surface area contributed by atoms with Gasteiger partial charge in [-0.25, -0.2) is 0 Å². The summed E-state index contributed by atoms with van der Waals surface area (Å²) in [6.45, 7) is 5.39. The van der Waals surface area contributed by atoms with Gasteiger partial charge in [0.2, 0.25) is 5.91 Å². The van der Waals surface area contributed by atoms with E-state index in [9.17, 15) is 4.79 Å². The second kappa shape index (κ2) is 5.61. The molecule has 2 unspecified atom stereocenters. The molecule has 0 saturated carbocycles. The van der Waals surface area contributed by atoms with Crippen LogP contribution in [-0.4, -0.2) is 43.0 Å². The normalized spacial score (nSPS) is 24.5. The van der Waals surface area contributed by atoms with Gasteiger partial charge in [-0.2, -0.15) is 0 Å². The molecule has 0 bridgehead atoms. The number of nitrogens with two attached hydrogens (primary N) is 1. The summed E-state index contributed by atoms with van der Waals surface area (Å²) >= 11 is 0. The summed E-state index contributed by atoms with van der Waals surface area (Å²) < 4.78 is 0. The van der Waals surface area contributed by atoms with Crippen molar-refractivity contribution in [3.8, 4) is 0 Å². The Bertz CT molecular complexity index is 460. The highest BCUT2D eigenvalue weighted by Crippen LogP contribution is 2.27. The summed E-state index contributed by atoms with van der Waals surface area (Å²) in [5.74, 6) is 0.120. The van der Waals surface area contributed by atoms with Crippen LogP contribution in [0.25, 0.3) is 0 Å². The predicted molar refractivity (Wildman–Crippen MR) is 78.2 cm³/mol. The summed E-state index contributed by atoms with van der Waals surface area (Å²) in [7, 11) is 1.86. The van der Waals surface area contributed by atoms with Gasteiger partial charge in [-0.3, -0.25) is 4.79 Å². The zero-order valence-electron chi connectivity index (χ0n) is 12.0. The van der Waals surface area contributed by atoms with Crippen molar-refractivity contribution >= 4 is 11.6 Å². The second-order valence-corrected chi connectivity index (χ2v) is 5.34. The van der Waals surface area contributed by atoms with Crippen LogP contribution in [0.3, 0.4) is 0 Å². The second-order valence-electron chi connectivity index (χ2n) is 5.34. The van der Waals surface area contributed by atoms with E-state index in [0.29, 0.717) is 12.6 Å². The third-order valence-corrected chi connectivity index (χ3v) is 3.97. The van der Waals surface area contributed by atoms with E-state index in [1.807, 2.05) is 19.2 Å². The number of nitrogens with zero attached hydrogens (tertiary/aromatic N) is 2. The van der Waals surface area contributed by atoms with Gasteiger partial charge < -0.3 is 15.5 Å². The standard InChI is InChI=1S/C15H23N3O/c1-11-6-4-5-7-13(11)18-12(2)8-9-17(3)15(19)14(18)10-16/h4-7,12,14H,8-10,16H2,1-3H3. The Balaban J connectivity index is 2.44. The number of hydrogen-bond donors (Lipinski definition) is 1.